The molecule has 2 N–H and O–H groups in total. The number of hydrogen-bond donors (Lipinski definition) is 2. The number of likely N-dealkylation sites (N-methyl/N-ethyl adjacent to an activating group) is 1. The van der Waals surface area contributed by atoms with Crippen LogP contribution in [-0.4, -0.2) is 57.8 Å². The summed E-state index contributed by atoms with van der Waals surface area (Å²) in [4.78, 5) is 22.8. The highest BCUT2D eigenvalue weighted by Gasteiger charge is 2.15. The van der Waals surface area contributed by atoms with Gasteiger partial charge in [-0.1, -0.05) is 13.3 Å². The molecule has 0 rings (SSSR count). The number of Topliss-reactive ketones (excluding diaryl/α,β-unsaturated/α-hetero) is 1. The quantitative estimate of drug-likeness (QED) is 0.494. The molecular weight excluding hydrogens is 248 g/mol. The molecule has 1 amide bonds. The Morgan fingerprint density at radius 1 is 1.16 bits per heavy atom. The summed E-state index contributed by atoms with van der Waals surface area (Å²) in [6.45, 7) is 5.66. The smallest absolute Gasteiger partial charge is 0.246 e. The van der Waals surface area contributed by atoms with Crippen molar-refractivity contribution in [2.75, 3.05) is 40.0 Å². The SMILES string of the molecule is CCCC(NC(=O)COCCOCCNC)C(C)=O. The highest BCUT2D eigenvalue weighted by molar-refractivity contribution is 5.87. The monoisotopic (exact) mass is 274 g/mol. The largest absolute Gasteiger partial charge is 0.378 e. The summed E-state index contributed by atoms with van der Waals surface area (Å²) in [7, 11) is 1.85. The van der Waals surface area contributed by atoms with E-state index in [1.807, 2.05) is 14.0 Å². The Bertz CT molecular complexity index is 259. The lowest BCUT2D eigenvalue weighted by Crippen LogP contribution is -2.41. The Balaban J connectivity index is 3.60. The number of ketones is 1. The third-order valence-corrected chi connectivity index (χ3v) is 2.50. The van der Waals surface area contributed by atoms with Gasteiger partial charge in [0.15, 0.2) is 5.78 Å². The molecule has 6 nitrogen and oxygen atoms in total. The van der Waals surface area contributed by atoms with E-state index in [-0.39, 0.29) is 18.3 Å². The Morgan fingerprint density at radius 2 is 1.84 bits per heavy atom. The molecule has 0 radical (unpaired) electrons. The van der Waals surface area contributed by atoms with Crippen molar-refractivity contribution in [3.63, 3.8) is 0 Å². The zero-order chi connectivity index (χ0) is 14.5. The van der Waals surface area contributed by atoms with Crippen molar-refractivity contribution in [1.82, 2.24) is 10.6 Å². The van der Waals surface area contributed by atoms with Crippen LogP contribution in [0.4, 0.5) is 0 Å². The highest BCUT2D eigenvalue weighted by atomic mass is 16.5. The molecule has 112 valence electrons. The number of carbonyl (C=O) groups excluding carboxylic acids is 2. The fourth-order valence-electron chi connectivity index (χ4n) is 1.46. The summed E-state index contributed by atoms with van der Waals surface area (Å²) in [5, 5.41) is 5.62. The molecule has 0 saturated carbocycles. The maximum Gasteiger partial charge on any atom is 0.246 e. The van der Waals surface area contributed by atoms with Crippen molar-refractivity contribution in [2.45, 2.75) is 32.7 Å². The van der Waals surface area contributed by atoms with Gasteiger partial charge in [0, 0.05) is 6.54 Å². The second-order valence-electron chi connectivity index (χ2n) is 4.29. The number of rotatable bonds is 12. The minimum absolute atomic E-state index is 0.0226. The number of nitrogens with one attached hydrogen (secondary N) is 2. The second-order valence-corrected chi connectivity index (χ2v) is 4.29. The predicted molar refractivity (Wildman–Crippen MR) is 73.1 cm³/mol. The van der Waals surface area contributed by atoms with Crippen LogP contribution in [0.25, 0.3) is 0 Å². The summed E-state index contributed by atoms with van der Waals surface area (Å²) in [5.41, 5.74) is 0. The highest BCUT2D eigenvalue weighted by Crippen LogP contribution is 1.97. The summed E-state index contributed by atoms with van der Waals surface area (Å²) < 4.78 is 10.4. The van der Waals surface area contributed by atoms with Gasteiger partial charge in [-0.15, -0.1) is 0 Å². The van der Waals surface area contributed by atoms with Crippen LogP contribution in [0.15, 0.2) is 0 Å². The van der Waals surface area contributed by atoms with Crippen LogP contribution in [0.3, 0.4) is 0 Å². The van der Waals surface area contributed by atoms with E-state index in [9.17, 15) is 9.59 Å². The van der Waals surface area contributed by atoms with E-state index in [1.54, 1.807) is 0 Å². The van der Waals surface area contributed by atoms with Gasteiger partial charge >= 0.3 is 0 Å². The maximum absolute atomic E-state index is 11.5. The molecule has 0 saturated heterocycles. The third-order valence-electron chi connectivity index (χ3n) is 2.50. The van der Waals surface area contributed by atoms with Crippen molar-refractivity contribution in [1.29, 1.82) is 0 Å². The third kappa shape index (κ3) is 10.6. The van der Waals surface area contributed by atoms with E-state index in [0.717, 1.165) is 13.0 Å². The van der Waals surface area contributed by atoms with Crippen LogP contribution in [-0.2, 0) is 19.1 Å². The minimum Gasteiger partial charge on any atom is -0.378 e. The molecular formula is C13H26N2O4. The second kappa shape index (κ2) is 12.1. The summed E-state index contributed by atoms with van der Waals surface area (Å²) >= 11 is 0. The summed E-state index contributed by atoms with van der Waals surface area (Å²) in [6, 6.07) is -0.395. The van der Waals surface area contributed by atoms with Gasteiger partial charge in [-0.25, -0.2) is 0 Å². The summed E-state index contributed by atoms with van der Waals surface area (Å²) in [5.74, 6) is -0.283. The lowest BCUT2D eigenvalue weighted by Gasteiger charge is -2.14. The average Bonchev–Trinajstić information content (AvgIpc) is 2.37. The van der Waals surface area contributed by atoms with E-state index in [4.69, 9.17) is 9.47 Å². The first kappa shape index (κ1) is 18.0. The number of ether oxygens (including phenoxy) is 2. The van der Waals surface area contributed by atoms with Crippen molar-refractivity contribution < 1.29 is 19.1 Å². The number of hydrogen-bond acceptors (Lipinski definition) is 5. The Kier molecular flexibility index (Phi) is 11.5. The Morgan fingerprint density at radius 3 is 2.42 bits per heavy atom. The van der Waals surface area contributed by atoms with E-state index >= 15 is 0 Å². The molecule has 0 aromatic rings. The molecule has 0 aromatic heterocycles. The molecule has 0 aromatic carbocycles. The first-order valence-electron chi connectivity index (χ1n) is 6.71. The van der Waals surface area contributed by atoms with Gasteiger partial charge in [0.2, 0.25) is 5.91 Å². The van der Waals surface area contributed by atoms with Crippen molar-refractivity contribution in [3.05, 3.63) is 0 Å². The lowest BCUT2D eigenvalue weighted by molar-refractivity contribution is -0.130. The molecule has 0 aliphatic heterocycles. The van der Waals surface area contributed by atoms with E-state index in [0.29, 0.717) is 26.2 Å². The molecule has 0 aliphatic rings. The average molecular weight is 274 g/mol. The van der Waals surface area contributed by atoms with Crippen LogP contribution in [0.1, 0.15) is 26.7 Å². The van der Waals surface area contributed by atoms with Crippen LogP contribution < -0.4 is 10.6 Å². The van der Waals surface area contributed by atoms with Gasteiger partial charge in [0.05, 0.1) is 25.9 Å². The zero-order valence-corrected chi connectivity index (χ0v) is 12.2. The first-order chi connectivity index (χ1) is 9.11. The number of carbonyl (C=O) groups is 2. The molecule has 0 heterocycles. The van der Waals surface area contributed by atoms with E-state index in [2.05, 4.69) is 10.6 Å². The van der Waals surface area contributed by atoms with Gasteiger partial charge < -0.3 is 20.1 Å². The van der Waals surface area contributed by atoms with E-state index < -0.39 is 6.04 Å². The molecule has 1 unspecified atom stereocenters. The number of amides is 1. The molecule has 19 heavy (non-hydrogen) atoms. The van der Waals surface area contributed by atoms with Gasteiger partial charge in [-0.2, -0.15) is 0 Å². The van der Waals surface area contributed by atoms with Gasteiger partial charge in [-0.05, 0) is 20.4 Å². The normalized spacial score (nSPS) is 12.2. The standard InChI is InChI=1S/C13H26N2O4/c1-4-5-12(11(2)16)15-13(17)10-19-9-8-18-7-6-14-3/h12,14H,4-10H2,1-3H3,(H,15,17). The predicted octanol–water partition coefficient (Wildman–Crippen LogP) is 0.113. The van der Waals surface area contributed by atoms with Crippen LogP contribution in [0, 0.1) is 0 Å². The first-order valence-corrected chi connectivity index (χ1v) is 6.71. The maximum atomic E-state index is 11.5. The topological polar surface area (TPSA) is 76.7 Å². The fourth-order valence-corrected chi connectivity index (χ4v) is 1.46. The van der Waals surface area contributed by atoms with Crippen LogP contribution in [0.5, 0.6) is 0 Å². The van der Waals surface area contributed by atoms with Crippen molar-refractivity contribution in [2.24, 2.45) is 0 Å². The van der Waals surface area contributed by atoms with Crippen LogP contribution in [0.2, 0.25) is 0 Å². The minimum atomic E-state index is -0.395. The Labute approximate surface area is 115 Å². The Hall–Kier alpha value is -0.980. The molecule has 6 heteroatoms. The molecule has 0 fully saturated rings. The van der Waals surface area contributed by atoms with Crippen LogP contribution >= 0.6 is 0 Å². The molecule has 0 bridgehead atoms. The lowest BCUT2D eigenvalue weighted by atomic mass is 10.1. The fraction of sp³-hybridized carbons (Fsp3) is 0.846. The zero-order valence-electron chi connectivity index (χ0n) is 12.2. The van der Waals surface area contributed by atoms with E-state index in [1.165, 1.54) is 6.92 Å². The van der Waals surface area contributed by atoms with Crippen molar-refractivity contribution in [3.8, 4) is 0 Å². The molecule has 0 spiro atoms. The summed E-state index contributed by atoms with van der Waals surface area (Å²) in [6.07, 6.45) is 1.51. The van der Waals surface area contributed by atoms with Gasteiger partial charge in [0.25, 0.3) is 0 Å². The van der Waals surface area contributed by atoms with Gasteiger partial charge in [-0.3, -0.25) is 9.59 Å². The molecule has 0 aliphatic carbocycles. The van der Waals surface area contributed by atoms with Gasteiger partial charge in [0.1, 0.15) is 6.61 Å². The van der Waals surface area contributed by atoms with Crippen molar-refractivity contribution >= 4 is 11.7 Å². The molecule has 1 atom stereocenters.